The second kappa shape index (κ2) is 7.22. The molecule has 0 saturated heterocycles. The van der Waals surface area contributed by atoms with E-state index in [2.05, 4.69) is 19.2 Å². The van der Waals surface area contributed by atoms with E-state index in [9.17, 15) is 9.59 Å². The van der Waals surface area contributed by atoms with Crippen molar-refractivity contribution in [3.63, 3.8) is 0 Å². The maximum Gasteiger partial charge on any atom is 0.283 e. The highest BCUT2D eigenvalue weighted by atomic mass is 35.5. The first-order chi connectivity index (χ1) is 12.4. The number of carbonyl (C=O) groups is 2. The molecule has 26 heavy (non-hydrogen) atoms. The number of hydrogen-bond acceptors (Lipinski definition) is 4. The Kier molecular flexibility index (Phi) is 5.00. The van der Waals surface area contributed by atoms with Crippen LogP contribution in [0.15, 0.2) is 59.3 Å². The first-order valence-corrected chi connectivity index (χ1v) is 8.59. The molecule has 1 aliphatic rings. The zero-order valence-electron chi connectivity index (χ0n) is 14.7. The highest BCUT2D eigenvalue weighted by Gasteiger charge is 2.39. The molecule has 5 nitrogen and oxygen atoms in total. The summed E-state index contributed by atoms with van der Waals surface area (Å²) in [5.74, 6) is -0.109. The molecular formula is C20H19ClN2O3. The van der Waals surface area contributed by atoms with Gasteiger partial charge in [0.05, 0.1) is 12.8 Å². The van der Waals surface area contributed by atoms with Crippen molar-refractivity contribution in [3.05, 3.63) is 64.8 Å². The Hall–Kier alpha value is -2.79. The van der Waals surface area contributed by atoms with E-state index < -0.39 is 11.8 Å². The Bertz CT molecular complexity index is 888. The number of carbonyl (C=O) groups excluding carboxylic acids is 2. The van der Waals surface area contributed by atoms with Gasteiger partial charge in [-0.3, -0.25) is 9.59 Å². The lowest BCUT2D eigenvalue weighted by Gasteiger charge is -2.16. The molecule has 1 heterocycles. The van der Waals surface area contributed by atoms with Crippen molar-refractivity contribution in [2.75, 3.05) is 17.3 Å². The molecule has 134 valence electrons. The molecule has 0 fully saturated rings. The van der Waals surface area contributed by atoms with Gasteiger partial charge < -0.3 is 10.1 Å². The number of rotatable bonds is 5. The van der Waals surface area contributed by atoms with E-state index in [-0.39, 0.29) is 10.7 Å². The zero-order chi connectivity index (χ0) is 18.8. The van der Waals surface area contributed by atoms with Crippen molar-refractivity contribution in [1.29, 1.82) is 0 Å². The fraction of sp³-hybridized carbons (Fsp3) is 0.200. The van der Waals surface area contributed by atoms with Gasteiger partial charge in [0.2, 0.25) is 0 Å². The summed E-state index contributed by atoms with van der Waals surface area (Å²) >= 11 is 6.15. The summed E-state index contributed by atoms with van der Waals surface area (Å²) in [5.41, 5.74) is 2.35. The number of nitrogens with one attached hydrogen (secondary N) is 1. The molecule has 0 unspecified atom stereocenters. The number of ether oxygens (including phenoxy) is 1. The Balaban J connectivity index is 1.86. The normalized spacial score (nSPS) is 14.4. The topological polar surface area (TPSA) is 58.6 Å². The molecule has 0 aliphatic carbocycles. The van der Waals surface area contributed by atoms with Gasteiger partial charge in [0.1, 0.15) is 16.5 Å². The summed E-state index contributed by atoms with van der Waals surface area (Å²) in [4.78, 5) is 26.3. The predicted octanol–water partition coefficient (Wildman–Crippen LogP) is 4.25. The van der Waals surface area contributed by atoms with E-state index in [1.54, 1.807) is 24.3 Å². The third kappa shape index (κ3) is 3.30. The van der Waals surface area contributed by atoms with Crippen LogP contribution in [-0.2, 0) is 9.59 Å². The van der Waals surface area contributed by atoms with Crippen LogP contribution in [-0.4, -0.2) is 18.9 Å². The lowest BCUT2D eigenvalue weighted by Crippen LogP contribution is -2.32. The van der Waals surface area contributed by atoms with E-state index >= 15 is 0 Å². The van der Waals surface area contributed by atoms with E-state index in [0.717, 1.165) is 4.90 Å². The Morgan fingerprint density at radius 3 is 2.35 bits per heavy atom. The molecule has 2 aromatic carbocycles. The second-order valence-corrected chi connectivity index (χ2v) is 6.62. The van der Waals surface area contributed by atoms with Crippen LogP contribution >= 0.6 is 11.6 Å². The van der Waals surface area contributed by atoms with Crippen LogP contribution in [0.4, 0.5) is 11.4 Å². The van der Waals surface area contributed by atoms with Gasteiger partial charge in [-0.15, -0.1) is 0 Å². The number of benzene rings is 2. The fourth-order valence-corrected chi connectivity index (χ4v) is 2.90. The lowest BCUT2D eigenvalue weighted by atomic mass is 10.0. The van der Waals surface area contributed by atoms with Crippen molar-refractivity contribution in [3.8, 4) is 5.75 Å². The molecule has 3 rings (SSSR count). The van der Waals surface area contributed by atoms with E-state index in [4.69, 9.17) is 16.3 Å². The van der Waals surface area contributed by atoms with Crippen molar-refractivity contribution in [1.82, 2.24) is 0 Å². The number of amides is 2. The van der Waals surface area contributed by atoms with Gasteiger partial charge in [-0.2, -0.15) is 0 Å². The molecule has 2 aromatic rings. The molecule has 2 amide bonds. The lowest BCUT2D eigenvalue weighted by molar-refractivity contribution is -0.120. The molecule has 0 radical (unpaired) electrons. The predicted molar refractivity (Wildman–Crippen MR) is 103 cm³/mol. The summed E-state index contributed by atoms with van der Waals surface area (Å²) in [6, 6.07) is 14.4. The molecule has 1 N–H and O–H groups in total. The van der Waals surface area contributed by atoms with Gasteiger partial charge in [0, 0.05) is 11.8 Å². The highest BCUT2D eigenvalue weighted by Crippen LogP contribution is 2.31. The first-order valence-electron chi connectivity index (χ1n) is 8.22. The maximum atomic E-state index is 12.8. The number of hydrogen-bond donors (Lipinski definition) is 1. The molecule has 0 saturated carbocycles. The molecule has 0 atom stereocenters. The summed E-state index contributed by atoms with van der Waals surface area (Å²) in [5, 5.41) is 2.84. The third-order valence-corrected chi connectivity index (χ3v) is 4.54. The highest BCUT2D eigenvalue weighted by molar-refractivity contribution is 6.53. The molecule has 0 bridgehead atoms. The number of halogens is 1. The minimum atomic E-state index is -0.564. The zero-order valence-corrected chi connectivity index (χ0v) is 15.5. The van der Waals surface area contributed by atoms with Crippen LogP contribution in [0.2, 0.25) is 0 Å². The summed E-state index contributed by atoms with van der Waals surface area (Å²) in [6.07, 6.45) is 0. The summed E-state index contributed by atoms with van der Waals surface area (Å²) in [6.45, 7) is 4.21. The number of nitrogens with zero attached hydrogens (tertiary/aromatic N) is 1. The molecule has 0 spiro atoms. The fourth-order valence-electron chi connectivity index (χ4n) is 2.69. The van der Waals surface area contributed by atoms with Gasteiger partial charge in [-0.25, -0.2) is 4.90 Å². The van der Waals surface area contributed by atoms with Crippen LogP contribution in [0.1, 0.15) is 25.3 Å². The number of methoxy groups -OCH3 is 1. The second-order valence-electron chi connectivity index (χ2n) is 6.24. The maximum absolute atomic E-state index is 12.8. The van der Waals surface area contributed by atoms with Crippen LogP contribution in [0, 0.1) is 0 Å². The summed E-state index contributed by atoms with van der Waals surface area (Å²) < 4.78 is 5.15. The van der Waals surface area contributed by atoms with Gasteiger partial charge in [0.15, 0.2) is 0 Å². The molecule has 0 aromatic heterocycles. The van der Waals surface area contributed by atoms with E-state index in [1.807, 2.05) is 24.3 Å². The van der Waals surface area contributed by atoms with Crippen LogP contribution in [0.25, 0.3) is 0 Å². The SMILES string of the molecule is COc1cccc(N2C(=O)C(Cl)=C(Nc3ccc(C(C)C)cc3)C2=O)c1. The minimum Gasteiger partial charge on any atom is -0.497 e. The van der Waals surface area contributed by atoms with Gasteiger partial charge in [-0.05, 0) is 35.7 Å². The standard InChI is InChI=1S/C20H19ClN2O3/c1-12(2)13-7-9-14(10-8-13)22-18-17(21)19(24)23(20(18)25)15-5-4-6-16(11-15)26-3/h4-12,22H,1-3H3. The van der Waals surface area contributed by atoms with Crippen molar-refractivity contribution >= 4 is 34.8 Å². The van der Waals surface area contributed by atoms with Crippen LogP contribution in [0.3, 0.4) is 0 Å². The average molecular weight is 371 g/mol. The van der Waals surface area contributed by atoms with Gasteiger partial charge in [-0.1, -0.05) is 43.6 Å². The summed E-state index contributed by atoms with van der Waals surface area (Å²) in [7, 11) is 1.52. The Morgan fingerprint density at radius 2 is 1.73 bits per heavy atom. The first kappa shape index (κ1) is 18.0. The number of anilines is 2. The van der Waals surface area contributed by atoms with Crippen LogP contribution < -0.4 is 15.0 Å². The third-order valence-electron chi connectivity index (χ3n) is 4.19. The Labute approximate surface area is 157 Å². The minimum absolute atomic E-state index is 0.0665. The smallest absolute Gasteiger partial charge is 0.283 e. The van der Waals surface area contributed by atoms with Crippen molar-refractivity contribution in [2.45, 2.75) is 19.8 Å². The largest absolute Gasteiger partial charge is 0.497 e. The van der Waals surface area contributed by atoms with E-state index in [1.165, 1.54) is 12.7 Å². The van der Waals surface area contributed by atoms with Crippen molar-refractivity contribution in [2.24, 2.45) is 0 Å². The molecule has 6 heteroatoms. The quantitative estimate of drug-likeness (QED) is 0.799. The molecular weight excluding hydrogens is 352 g/mol. The van der Waals surface area contributed by atoms with Crippen LogP contribution in [0.5, 0.6) is 5.75 Å². The van der Waals surface area contributed by atoms with Crippen molar-refractivity contribution < 1.29 is 14.3 Å². The van der Waals surface area contributed by atoms with Gasteiger partial charge >= 0.3 is 0 Å². The van der Waals surface area contributed by atoms with E-state index in [0.29, 0.717) is 23.0 Å². The number of imide groups is 1. The Morgan fingerprint density at radius 1 is 1.04 bits per heavy atom. The molecule has 1 aliphatic heterocycles. The van der Waals surface area contributed by atoms with Gasteiger partial charge in [0.25, 0.3) is 11.8 Å². The monoisotopic (exact) mass is 370 g/mol. The average Bonchev–Trinajstić information content (AvgIpc) is 2.85.